The molecule has 0 fully saturated rings. The van der Waals surface area contributed by atoms with E-state index < -0.39 is 5.97 Å². The van der Waals surface area contributed by atoms with Crippen LogP contribution in [0.3, 0.4) is 0 Å². The smallest absolute Gasteiger partial charge is 0.338 e. The minimum atomic E-state index is -0.391. The van der Waals surface area contributed by atoms with Crippen molar-refractivity contribution >= 4 is 39.4 Å². The lowest BCUT2D eigenvalue weighted by atomic mass is 10.0. The van der Waals surface area contributed by atoms with E-state index in [-0.39, 0.29) is 5.56 Å². The first-order valence-electron chi connectivity index (χ1n) is 9.26. The summed E-state index contributed by atoms with van der Waals surface area (Å²) in [4.78, 5) is 30.0. The fourth-order valence-electron chi connectivity index (χ4n) is 3.55. The highest BCUT2D eigenvalue weighted by Gasteiger charge is 2.15. The zero-order valence-corrected chi connectivity index (χ0v) is 17.0. The molecule has 0 saturated carbocycles. The van der Waals surface area contributed by atoms with Gasteiger partial charge in [0.25, 0.3) is 5.56 Å². The van der Waals surface area contributed by atoms with E-state index in [1.165, 1.54) is 18.4 Å². The Morgan fingerprint density at radius 3 is 2.80 bits per heavy atom. The van der Waals surface area contributed by atoms with Gasteiger partial charge in [0.15, 0.2) is 4.96 Å². The number of hydrogen-bond donors (Lipinski definition) is 0. The van der Waals surface area contributed by atoms with Gasteiger partial charge in [-0.1, -0.05) is 35.6 Å². The molecule has 2 aromatic carbocycles. The van der Waals surface area contributed by atoms with Crippen molar-refractivity contribution in [2.45, 2.75) is 6.92 Å². The van der Waals surface area contributed by atoms with E-state index in [1.807, 2.05) is 43.3 Å². The van der Waals surface area contributed by atoms with E-state index in [2.05, 4.69) is 4.98 Å². The van der Waals surface area contributed by atoms with Crippen LogP contribution < -0.4 is 10.1 Å². The summed E-state index contributed by atoms with van der Waals surface area (Å²) in [5.41, 5.74) is 3.54. The molecule has 0 saturated heterocycles. The highest BCUT2D eigenvalue weighted by Crippen LogP contribution is 2.28. The van der Waals surface area contributed by atoms with E-state index in [4.69, 9.17) is 9.15 Å². The molecule has 148 valence electrons. The average molecular weight is 416 g/mol. The lowest BCUT2D eigenvalue weighted by Gasteiger charge is -2.07. The van der Waals surface area contributed by atoms with E-state index in [0.29, 0.717) is 26.6 Å². The molecule has 0 amide bonds. The number of rotatable bonds is 3. The molecule has 5 rings (SSSR count). The molecule has 30 heavy (non-hydrogen) atoms. The predicted octanol–water partition coefficient (Wildman–Crippen LogP) is 3.81. The number of nitrogens with zero attached hydrogens (tertiary/aromatic N) is 2. The number of fused-ring (bicyclic) bond motifs is 3. The minimum Gasteiger partial charge on any atom is -0.465 e. The highest BCUT2D eigenvalue weighted by molar-refractivity contribution is 7.15. The Bertz CT molecular complexity index is 1540. The number of aromatic nitrogens is 2. The second-order valence-corrected chi connectivity index (χ2v) is 7.82. The largest absolute Gasteiger partial charge is 0.465 e. The van der Waals surface area contributed by atoms with Gasteiger partial charge in [0, 0.05) is 11.6 Å². The molecule has 0 aliphatic carbocycles. The van der Waals surface area contributed by atoms with Crippen molar-refractivity contribution in [1.29, 1.82) is 0 Å². The summed E-state index contributed by atoms with van der Waals surface area (Å²) in [7, 11) is 1.36. The normalized spacial score (nSPS) is 12.1. The lowest BCUT2D eigenvalue weighted by Crippen LogP contribution is -2.22. The van der Waals surface area contributed by atoms with Crippen LogP contribution in [0.2, 0.25) is 0 Å². The molecule has 0 spiro atoms. The van der Waals surface area contributed by atoms with Crippen LogP contribution >= 0.6 is 11.3 Å². The fourth-order valence-corrected chi connectivity index (χ4v) is 4.52. The number of imidazole rings is 1. The van der Waals surface area contributed by atoms with Gasteiger partial charge in [0.1, 0.15) is 16.1 Å². The van der Waals surface area contributed by atoms with Crippen molar-refractivity contribution in [1.82, 2.24) is 9.38 Å². The molecule has 3 heterocycles. The summed E-state index contributed by atoms with van der Waals surface area (Å²) in [5, 5.41) is 0. The maximum atomic E-state index is 12.9. The van der Waals surface area contributed by atoms with Crippen molar-refractivity contribution in [2.75, 3.05) is 7.11 Å². The predicted molar refractivity (Wildman–Crippen MR) is 116 cm³/mol. The Morgan fingerprint density at radius 2 is 1.97 bits per heavy atom. The number of methoxy groups -OCH3 is 1. The van der Waals surface area contributed by atoms with Crippen LogP contribution in [-0.2, 0) is 4.74 Å². The number of furan rings is 1. The van der Waals surface area contributed by atoms with Gasteiger partial charge >= 0.3 is 5.97 Å². The zero-order valence-electron chi connectivity index (χ0n) is 16.2. The van der Waals surface area contributed by atoms with Gasteiger partial charge in [-0.3, -0.25) is 4.79 Å². The van der Waals surface area contributed by atoms with E-state index >= 15 is 0 Å². The Morgan fingerprint density at radius 1 is 1.13 bits per heavy atom. The number of thiazole rings is 1. The second kappa shape index (κ2) is 6.96. The molecule has 5 aromatic rings. The van der Waals surface area contributed by atoms with Crippen LogP contribution in [-0.4, -0.2) is 22.5 Å². The monoisotopic (exact) mass is 416 g/mol. The number of hydrogen-bond acceptors (Lipinski definition) is 6. The number of carbonyl (C=O) groups is 1. The maximum Gasteiger partial charge on any atom is 0.338 e. The zero-order chi connectivity index (χ0) is 20.8. The molecule has 3 aromatic heterocycles. The Hall–Kier alpha value is -3.71. The standard InChI is InChI=1S/C23H16N2O4S/c1-13-15(6-5-7-16(13)22(27)28-2)19-11-10-14(29-19)12-20-21(26)25-18-9-4-3-8-17(18)24-23(25)30-20/h3-12H,1-2H3/b20-12-. The number of ether oxygens (including phenoxy) is 1. The molecule has 0 aliphatic rings. The van der Waals surface area contributed by atoms with Gasteiger partial charge in [0.05, 0.1) is 23.7 Å². The first kappa shape index (κ1) is 18.3. The van der Waals surface area contributed by atoms with Crippen LogP contribution in [0, 0.1) is 6.92 Å². The highest BCUT2D eigenvalue weighted by atomic mass is 32.1. The summed E-state index contributed by atoms with van der Waals surface area (Å²) < 4.78 is 13.0. The van der Waals surface area contributed by atoms with Gasteiger partial charge in [-0.15, -0.1) is 0 Å². The van der Waals surface area contributed by atoms with Crippen LogP contribution in [0.25, 0.3) is 33.4 Å². The van der Waals surface area contributed by atoms with Crippen molar-refractivity contribution < 1.29 is 13.9 Å². The summed E-state index contributed by atoms with van der Waals surface area (Å²) in [6, 6.07) is 16.6. The topological polar surface area (TPSA) is 73.8 Å². The van der Waals surface area contributed by atoms with Gasteiger partial charge in [-0.25, -0.2) is 14.2 Å². The lowest BCUT2D eigenvalue weighted by molar-refractivity contribution is 0.0600. The molecule has 7 heteroatoms. The Balaban J connectivity index is 1.59. The second-order valence-electron chi connectivity index (χ2n) is 6.81. The summed E-state index contributed by atoms with van der Waals surface area (Å²) >= 11 is 1.32. The molecule has 0 N–H and O–H groups in total. The van der Waals surface area contributed by atoms with Gasteiger partial charge in [0.2, 0.25) is 0 Å². The molecule has 0 unspecified atom stereocenters. The third-order valence-corrected chi connectivity index (χ3v) is 6.02. The van der Waals surface area contributed by atoms with Gasteiger partial charge < -0.3 is 9.15 Å². The first-order chi connectivity index (χ1) is 14.6. The van der Waals surface area contributed by atoms with Crippen LogP contribution in [0.4, 0.5) is 0 Å². The molecular weight excluding hydrogens is 400 g/mol. The van der Waals surface area contributed by atoms with E-state index in [0.717, 1.165) is 22.2 Å². The Kier molecular flexibility index (Phi) is 4.25. The number of para-hydroxylation sites is 2. The van der Waals surface area contributed by atoms with Crippen LogP contribution in [0.1, 0.15) is 21.7 Å². The number of benzene rings is 2. The van der Waals surface area contributed by atoms with E-state index in [1.54, 1.807) is 28.7 Å². The van der Waals surface area contributed by atoms with Gasteiger partial charge in [-0.05, 0) is 42.8 Å². The van der Waals surface area contributed by atoms with E-state index in [9.17, 15) is 9.59 Å². The quantitative estimate of drug-likeness (QED) is 0.418. The summed E-state index contributed by atoms with van der Waals surface area (Å²) in [6.45, 7) is 1.85. The SMILES string of the molecule is COC(=O)c1cccc(-c2ccc(/C=c3\sc4nc5ccccc5n4c3=O)o2)c1C. The van der Waals surface area contributed by atoms with Crippen molar-refractivity contribution in [3.8, 4) is 11.3 Å². The first-order valence-corrected chi connectivity index (χ1v) is 10.1. The number of esters is 1. The maximum absolute atomic E-state index is 12.9. The average Bonchev–Trinajstić information content (AvgIpc) is 3.43. The van der Waals surface area contributed by atoms with Crippen molar-refractivity contribution in [3.05, 3.63) is 86.4 Å². The third-order valence-electron chi connectivity index (χ3n) is 5.05. The molecule has 0 aliphatic heterocycles. The van der Waals surface area contributed by atoms with Crippen LogP contribution in [0.15, 0.2) is 63.8 Å². The van der Waals surface area contributed by atoms with Crippen LogP contribution in [0.5, 0.6) is 0 Å². The fraction of sp³-hybridized carbons (Fsp3) is 0.0870. The minimum absolute atomic E-state index is 0.120. The van der Waals surface area contributed by atoms with Crippen molar-refractivity contribution in [3.63, 3.8) is 0 Å². The third kappa shape index (κ3) is 2.83. The summed E-state index contributed by atoms with van der Waals surface area (Å²) in [5.74, 6) is 0.778. The molecule has 0 atom stereocenters. The molecular formula is C23H16N2O4S. The summed E-state index contributed by atoms with van der Waals surface area (Å²) in [6.07, 6.45) is 1.72. The molecule has 0 radical (unpaired) electrons. The molecule has 6 nitrogen and oxygen atoms in total. The number of carbonyl (C=O) groups excluding carboxylic acids is 1. The van der Waals surface area contributed by atoms with Gasteiger partial charge in [-0.2, -0.15) is 0 Å². The molecule has 0 bridgehead atoms. The Labute approximate surface area is 174 Å². The van der Waals surface area contributed by atoms with Crippen molar-refractivity contribution in [2.24, 2.45) is 0 Å².